The van der Waals surface area contributed by atoms with Crippen molar-refractivity contribution in [2.45, 2.75) is 19.6 Å². The van der Waals surface area contributed by atoms with Gasteiger partial charge in [0.05, 0.1) is 13.2 Å². The Morgan fingerprint density at radius 3 is 2.67 bits per heavy atom. The van der Waals surface area contributed by atoms with Gasteiger partial charge >= 0.3 is 0 Å². The van der Waals surface area contributed by atoms with E-state index < -0.39 is 0 Å². The van der Waals surface area contributed by atoms with Crippen molar-refractivity contribution in [1.29, 1.82) is 0 Å². The minimum atomic E-state index is -0.248. The van der Waals surface area contributed by atoms with E-state index in [4.69, 9.17) is 21.1 Å². The summed E-state index contributed by atoms with van der Waals surface area (Å²) in [6, 6.07) is 3.84. The SMILES string of the molecule is CCc1c(Cl)ccc(C2OCCO2)c1Br. The lowest BCUT2D eigenvalue weighted by Crippen LogP contribution is -2.01. The van der Waals surface area contributed by atoms with Crippen LogP contribution in [0.2, 0.25) is 5.02 Å². The van der Waals surface area contributed by atoms with Gasteiger partial charge in [0.25, 0.3) is 0 Å². The van der Waals surface area contributed by atoms with E-state index in [9.17, 15) is 0 Å². The molecule has 0 aliphatic carbocycles. The molecule has 1 aromatic rings. The van der Waals surface area contributed by atoms with Gasteiger partial charge in [0.1, 0.15) is 0 Å². The van der Waals surface area contributed by atoms with Gasteiger partial charge < -0.3 is 9.47 Å². The molecule has 1 aliphatic rings. The maximum absolute atomic E-state index is 6.10. The molecule has 1 fully saturated rings. The van der Waals surface area contributed by atoms with Crippen LogP contribution in [0.1, 0.15) is 24.3 Å². The van der Waals surface area contributed by atoms with Crippen LogP contribution in [0.4, 0.5) is 0 Å². The molecule has 1 heterocycles. The van der Waals surface area contributed by atoms with Crippen LogP contribution in [-0.2, 0) is 15.9 Å². The van der Waals surface area contributed by atoms with E-state index in [1.807, 2.05) is 12.1 Å². The van der Waals surface area contributed by atoms with Crippen molar-refractivity contribution in [2.75, 3.05) is 13.2 Å². The maximum atomic E-state index is 6.10. The minimum Gasteiger partial charge on any atom is -0.346 e. The second-order valence-electron chi connectivity index (χ2n) is 3.36. The van der Waals surface area contributed by atoms with Gasteiger partial charge in [-0.2, -0.15) is 0 Å². The minimum absolute atomic E-state index is 0.248. The predicted octanol–water partition coefficient (Wildman–Crippen LogP) is 3.71. The Hall–Kier alpha value is -0.0900. The highest BCUT2D eigenvalue weighted by atomic mass is 79.9. The first-order chi connectivity index (χ1) is 7.24. The first kappa shape index (κ1) is 11.4. The van der Waals surface area contributed by atoms with Crippen molar-refractivity contribution in [3.8, 4) is 0 Å². The standard InChI is InChI=1S/C11H12BrClO2/c1-2-7-9(13)4-3-8(10(7)12)11-14-5-6-15-11/h3-4,11H,2,5-6H2,1H3. The molecule has 0 bridgehead atoms. The summed E-state index contributed by atoms with van der Waals surface area (Å²) in [5.41, 5.74) is 2.13. The molecular formula is C11H12BrClO2. The van der Waals surface area contributed by atoms with E-state index >= 15 is 0 Å². The fourth-order valence-corrected chi connectivity index (χ4v) is 2.88. The van der Waals surface area contributed by atoms with Crippen LogP contribution in [0.25, 0.3) is 0 Å². The van der Waals surface area contributed by atoms with Crippen LogP contribution in [0.3, 0.4) is 0 Å². The molecule has 4 heteroatoms. The summed E-state index contributed by atoms with van der Waals surface area (Å²) in [6.07, 6.45) is 0.641. The zero-order chi connectivity index (χ0) is 10.8. The first-order valence-corrected chi connectivity index (χ1v) is 6.11. The Morgan fingerprint density at radius 2 is 2.07 bits per heavy atom. The van der Waals surface area contributed by atoms with Crippen molar-refractivity contribution in [2.24, 2.45) is 0 Å². The molecule has 1 aliphatic heterocycles. The Bertz CT molecular complexity index is 362. The van der Waals surface area contributed by atoms with Gasteiger partial charge in [0.2, 0.25) is 0 Å². The predicted molar refractivity (Wildman–Crippen MR) is 63.2 cm³/mol. The van der Waals surface area contributed by atoms with Crippen LogP contribution in [0, 0.1) is 0 Å². The lowest BCUT2D eigenvalue weighted by Gasteiger charge is -2.14. The molecule has 0 saturated carbocycles. The normalized spacial score (nSPS) is 17.3. The number of benzene rings is 1. The average Bonchev–Trinajstić information content (AvgIpc) is 2.71. The van der Waals surface area contributed by atoms with Crippen LogP contribution in [0.15, 0.2) is 16.6 Å². The number of hydrogen-bond donors (Lipinski definition) is 0. The van der Waals surface area contributed by atoms with Crippen molar-refractivity contribution < 1.29 is 9.47 Å². The van der Waals surface area contributed by atoms with Crippen LogP contribution in [0.5, 0.6) is 0 Å². The monoisotopic (exact) mass is 290 g/mol. The Labute approximate surface area is 103 Å². The second-order valence-corrected chi connectivity index (χ2v) is 4.56. The molecule has 0 radical (unpaired) electrons. The van der Waals surface area contributed by atoms with Gasteiger partial charge in [-0.25, -0.2) is 0 Å². The van der Waals surface area contributed by atoms with Crippen molar-refractivity contribution >= 4 is 27.5 Å². The van der Waals surface area contributed by atoms with Crippen LogP contribution in [-0.4, -0.2) is 13.2 Å². The number of rotatable bonds is 2. The summed E-state index contributed by atoms with van der Waals surface area (Å²) in [5.74, 6) is 0. The van der Waals surface area contributed by atoms with Crippen molar-refractivity contribution in [3.05, 3.63) is 32.8 Å². The Balaban J connectivity index is 2.39. The largest absolute Gasteiger partial charge is 0.346 e. The quantitative estimate of drug-likeness (QED) is 0.827. The van der Waals surface area contributed by atoms with Gasteiger partial charge in [-0.3, -0.25) is 0 Å². The highest BCUT2D eigenvalue weighted by molar-refractivity contribution is 9.10. The summed E-state index contributed by atoms with van der Waals surface area (Å²) >= 11 is 9.65. The molecule has 0 aromatic heterocycles. The number of ether oxygens (including phenoxy) is 2. The van der Waals surface area contributed by atoms with E-state index in [-0.39, 0.29) is 6.29 Å². The van der Waals surface area contributed by atoms with Gasteiger partial charge in [0, 0.05) is 15.1 Å². The lowest BCUT2D eigenvalue weighted by molar-refractivity contribution is -0.0446. The van der Waals surface area contributed by atoms with E-state index in [1.165, 1.54) is 0 Å². The third kappa shape index (κ3) is 2.21. The van der Waals surface area contributed by atoms with E-state index in [0.29, 0.717) is 13.2 Å². The van der Waals surface area contributed by atoms with Gasteiger partial charge in [0.15, 0.2) is 6.29 Å². The zero-order valence-corrected chi connectivity index (χ0v) is 10.8. The van der Waals surface area contributed by atoms with Crippen LogP contribution < -0.4 is 0 Å². The zero-order valence-electron chi connectivity index (χ0n) is 8.43. The third-order valence-electron chi connectivity index (χ3n) is 2.45. The summed E-state index contributed by atoms with van der Waals surface area (Å²) in [6.45, 7) is 3.38. The topological polar surface area (TPSA) is 18.5 Å². The first-order valence-electron chi connectivity index (χ1n) is 4.94. The summed E-state index contributed by atoms with van der Waals surface area (Å²) in [4.78, 5) is 0. The fourth-order valence-electron chi connectivity index (χ4n) is 1.66. The Kier molecular flexibility index (Phi) is 3.67. The molecule has 0 spiro atoms. The Morgan fingerprint density at radius 1 is 1.40 bits per heavy atom. The van der Waals surface area contributed by atoms with Crippen molar-refractivity contribution in [3.63, 3.8) is 0 Å². The molecule has 0 amide bonds. The highest BCUT2D eigenvalue weighted by Gasteiger charge is 2.22. The summed E-state index contributed by atoms with van der Waals surface area (Å²) < 4.78 is 11.9. The summed E-state index contributed by atoms with van der Waals surface area (Å²) in [7, 11) is 0. The summed E-state index contributed by atoms with van der Waals surface area (Å²) in [5, 5.41) is 0.783. The van der Waals surface area contributed by atoms with E-state index in [2.05, 4.69) is 22.9 Å². The molecular weight excluding hydrogens is 279 g/mol. The maximum Gasteiger partial charge on any atom is 0.185 e. The fraction of sp³-hybridized carbons (Fsp3) is 0.455. The molecule has 0 atom stereocenters. The van der Waals surface area contributed by atoms with Crippen molar-refractivity contribution in [1.82, 2.24) is 0 Å². The lowest BCUT2D eigenvalue weighted by atomic mass is 10.1. The molecule has 0 N–H and O–H groups in total. The molecule has 15 heavy (non-hydrogen) atoms. The van der Waals surface area contributed by atoms with E-state index in [1.54, 1.807) is 0 Å². The highest BCUT2D eigenvalue weighted by Crippen LogP contribution is 2.35. The molecule has 1 aromatic carbocycles. The van der Waals surface area contributed by atoms with E-state index in [0.717, 1.165) is 27.0 Å². The molecule has 2 rings (SSSR count). The number of halogens is 2. The molecule has 0 unspecified atom stereocenters. The molecule has 82 valence electrons. The van der Waals surface area contributed by atoms with Gasteiger partial charge in [-0.1, -0.05) is 24.6 Å². The van der Waals surface area contributed by atoms with Gasteiger partial charge in [-0.05, 0) is 34.0 Å². The molecule has 1 saturated heterocycles. The smallest absolute Gasteiger partial charge is 0.185 e. The average molecular weight is 292 g/mol. The van der Waals surface area contributed by atoms with Gasteiger partial charge in [-0.15, -0.1) is 0 Å². The molecule has 2 nitrogen and oxygen atoms in total. The van der Waals surface area contributed by atoms with Crippen LogP contribution >= 0.6 is 27.5 Å². The number of hydrogen-bond acceptors (Lipinski definition) is 2. The second kappa shape index (κ2) is 4.83. The third-order valence-corrected chi connectivity index (χ3v) is 3.74.